The zero-order chi connectivity index (χ0) is 16.7. The molecule has 0 aliphatic carbocycles. The predicted molar refractivity (Wildman–Crippen MR) is 92.7 cm³/mol. The first-order chi connectivity index (χ1) is 11.0. The molecule has 0 bridgehead atoms. The first-order valence-electron chi connectivity index (χ1n) is 7.05. The summed E-state index contributed by atoms with van der Waals surface area (Å²) in [6, 6.07) is 16.4. The minimum absolute atomic E-state index is 0.0389. The van der Waals surface area contributed by atoms with Gasteiger partial charge in [0.15, 0.2) is 5.11 Å². The van der Waals surface area contributed by atoms with E-state index in [1.54, 1.807) is 12.1 Å². The second-order valence-corrected chi connectivity index (χ2v) is 5.39. The average molecular weight is 327 g/mol. The van der Waals surface area contributed by atoms with E-state index in [4.69, 9.17) is 12.2 Å². The first-order valence-corrected chi connectivity index (χ1v) is 7.46. The van der Waals surface area contributed by atoms with Crippen molar-refractivity contribution >= 4 is 29.1 Å². The number of thiocarbonyl (C=S) groups is 1. The van der Waals surface area contributed by atoms with Crippen LogP contribution in [0.3, 0.4) is 0 Å². The number of hydrogen-bond donors (Lipinski definition) is 3. The van der Waals surface area contributed by atoms with Gasteiger partial charge in [-0.3, -0.25) is 25.8 Å². The maximum atomic E-state index is 12.0. The molecule has 0 spiro atoms. The lowest BCUT2D eigenvalue weighted by Crippen LogP contribution is -2.48. The summed E-state index contributed by atoms with van der Waals surface area (Å²) in [5.41, 5.74) is 7.42. The highest BCUT2D eigenvalue weighted by atomic mass is 32.1. The molecular weight excluding hydrogens is 310 g/mol. The molecule has 0 aliphatic rings. The summed E-state index contributed by atoms with van der Waals surface area (Å²) in [6.45, 7) is 1.94. The smallest absolute Gasteiger partial charge is 0.257 e. The number of hydrogen-bond acceptors (Lipinski definition) is 3. The number of aryl methyl sites for hydroxylation is 1. The Balaban J connectivity index is 1.77. The summed E-state index contributed by atoms with van der Waals surface area (Å²) in [5.74, 6) is -0.581. The molecule has 0 unspecified atom stereocenters. The Morgan fingerprint density at radius 3 is 2.26 bits per heavy atom. The quantitative estimate of drug-likeness (QED) is 0.595. The lowest BCUT2D eigenvalue weighted by Gasteiger charge is -2.11. The Morgan fingerprint density at radius 1 is 0.957 bits per heavy atom. The van der Waals surface area contributed by atoms with Crippen molar-refractivity contribution in [3.05, 3.63) is 71.3 Å². The van der Waals surface area contributed by atoms with Gasteiger partial charge in [-0.1, -0.05) is 48.0 Å². The zero-order valence-electron chi connectivity index (χ0n) is 12.6. The van der Waals surface area contributed by atoms with E-state index >= 15 is 0 Å². The molecule has 0 saturated heterocycles. The molecule has 3 N–H and O–H groups in total. The molecule has 2 rings (SSSR count). The molecule has 2 aromatic carbocycles. The Labute approximate surface area is 140 Å². The van der Waals surface area contributed by atoms with Gasteiger partial charge in [-0.15, -0.1) is 0 Å². The lowest BCUT2D eigenvalue weighted by molar-refractivity contribution is -0.121. The fourth-order valence-corrected chi connectivity index (χ4v) is 2.01. The lowest BCUT2D eigenvalue weighted by atomic mass is 10.1. The molecule has 0 fully saturated rings. The molecule has 118 valence electrons. The maximum absolute atomic E-state index is 12.0. The minimum atomic E-state index is -0.334. The van der Waals surface area contributed by atoms with E-state index in [2.05, 4.69) is 16.2 Å². The van der Waals surface area contributed by atoms with Gasteiger partial charge < -0.3 is 0 Å². The van der Waals surface area contributed by atoms with Crippen molar-refractivity contribution in [3.63, 3.8) is 0 Å². The third kappa shape index (κ3) is 5.52. The first kappa shape index (κ1) is 16.6. The minimum Gasteiger partial charge on any atom is -0.298 e. The Kier molecular flexibility index (Phi) is 5.82. The summed E-state index contributed by atoms with van der Waals surface area (Å²) in [4.78, 5) is 23.7. The average Bonchev–Trinajstić information content (AvgIpc) is 2.54. The molecular formula is C17H17N3O2S. The van der Waals surface area contributed by atoms with Crippen molar-refractivity contribution in [2.45, 2.75) is 13.3 Å². The van der Waals surface area contributed by atoms with Crippen molar-refractivity contribution < 1.29 is 9.59 Å². The van der Waals surface area contributed by atoms with E-state index in [9.17, 15) is 9.59 Å². The van der Waals surface area contributed by atoms with Crippen molar-refractivity contribution in [2.24, 2.45) is 0 Å². The second kappa shape index (κ2) is 8.05. The van der Waals surface area contributed by atoms with Crippen LogP contribution >= 0.6 is 12.2 Å². The second-order valence-electron chi connectivity index (χ2n) is 4.98. The fraction of sp³-hybridized carbons (Fsp3) is 0.118. The molecule has 0 atom stereocenters. The van der Waals surface area contributed by atoms with Crippen molar-refractivity contribution in [3.8, 4) is 0 Å². The monoisotopic (exact) mass is 327 g/mol. The molecule has 6 heteroatoms. The van der Waals surface area contributed by atoms with E-state index in [1.165, 1.54) is 0 Å². The number of rotatable bonds is 3. The molecule has 0 saturated carbocycles. The Hall–Kier alpha value is -2.73. The summed E-state index contributed by atoms with van der Waals surface area (Å²) in [6.07, 6.45) is 0.225. The van der Waals surface area contributed by atoms with Crippen LogP contribution in [0.4, 0.5) is 0 Å². The molecule has 0 radical (unpaired) electrons. The highest BCUT2D eigenvalue weighted by Gasteiger charge is 2.08. The van der Waals surface area contributed by atoms with Crippen LogP contribution in [0, 0.1) is 6.92 Å². The highest BCUT2D eigenvalue weighted by molar-refractivity contribution is 7.80. The topological polar surface area (TPSA) is 70.2 Å². The molecule has 2 amide bonds. The zero-order valence-corrected chi connectivity index (χ0v) is 13.4. The number of carbonyl (C=O) groups is 2. The van der Waals surface area contributed by atoms with Crippen LogP contribution in [0.2, 0.25) is 0 Å². The third-order valence-corrected chi connectivity index (χ3v) is 3.27. The molecule has 0 aromatic heterocycles. The van der Waals surface area contributed by atoms with Gasteiger partial charge in [0, 0.05) is 5.56 Å². The predicted octanol–water partition coefficient (Wildman–Crippen LogP) is 1.87. The largest absolute Gasteiger partial charge is 0.298 e. The van der Waals surface area contributed by atoms with Crippen LogP contribution in [0.25, 0.3) is 0 Å². The summed E-state index contributed by atoms with van der Waals surface area (Å²) in [5, 5.41) is 2.54. The van der Waals surface area contributed by atoms with E-state index in [0.29, 0.717) is 5.56 Å². The highest BCUT2D eigenvalue weighted by Crippen LogP contribution is 2.02. The van der Waals surface area contributed by atoms with Crippen LogP contribution in [-0.2, 0) is 11.2 Å². The van der Waals surface area contributed by atoms with E-state index < -0.39 is 0 Å². The molecule has 0 heterocycles. The van der Waals surface area contributed by atoms with Gasteiger partial charge in [0.1, 0.15) is 0 Å². The van der Waals surface area contributed by atoms with E-state index in [-0.39, 0.29) is 23.3 Å². The SMILES string of the molecule is Cc1ccc(C(=O)NC(=S)NNC(=O)Cc2ccccc2)cc1. The number of nitrogens with one attached hydrogen (secondary N) is 3. The number of hydrazine groups is 1. The summed E-state index contributed by atoms with van der Waals surface area (Å²) in [7, 11) is 0. The molecule has 23 heavy (non-hydrogen) atoms. The van der Waals surface area contributed by atoms with Crippen molar-refractivity contribution in [2.75, 3.05) is 0 Å². The molecule has 2 aromatic rings. The number of benzene rings is 2. The Morgan fingerprint density at radius 2 is 1.61 bits per heavy atom. The van der Waals surface area contributed by atoms with Gasteiger partial charge in [-0.2, -0.15) is 0 Å². The third-order valence-electron chi connectivity index (χ3n) is 3.06. The fourth-order valence-electron chi connectivity index (χ4n) is 1.86. The van der Waals surface area contributed by atoms with Gasteiger partial charge in [-0.05, 0) is 36.8 Å². The number of amides is 2. The van der Waals surface area contributed by atoms with Gasteiger partial charge >= 0.3 is 0 Å². The van der Waals surface area contributed by atoms with Gasteiger partial charge in [0.2, 0.25) is 5.91 Å². The van der Waals surface area contributed by atoms with Crippen LogP contribution in [-0.4, -0.2) is 16.9 Å². The maximum Gasteiger partial charge on any atom is 0.257 e. The number of carbonyl (C=O) groups excluding carboxylic acids is 2. The molecule has 0 aliphatic heterocycles. The molecule has 5 nitrogen and oxygen atoms in total. The van der Waals surface area contributed by atoms with E-state index in [0.717, 1.165) is 11.1 Å². The van der Waals surface area contributed by atoms with Crippen LogP contribution in [0.1, 0.15) is 21.5 Å². The van der Waals surface area contributed by atoms with Crippen molar-refractivity contribution in [1.29, 1.82) is 0 Å². The normalized spacial score (nSPS) is 9.78. The van der Waals surface area contributed by atoms with Gasteiger partial charge in [-0.25, -0.2) is 0 Å². The van der Waals surface area contributed by atoms with E-state index in [1.807, 2.05) is 49.4 Å². The van der Waals surface area contributed by atoms with Crippen molar-refractivity contribution in [1.82, 2.24) is 16.2 Å². The van der Waals surface area contributed by atoms with Crippen LogP contribution in [0.5, 0.6) is 0 Å². The Bertz CT molecular complexity index is 700. The van der Waals surface area contributed by atoms with Gasteiger partial charge in [0.25, 0.3) is 5.91 Å². The summed E-state index contributed by atoms with van der Waals surface area (Å²) < 4.78 is 0. The van der Waals surface area contributed by atoms with Crippen LogP contribution in [0.15, 0.2) is 54.6 Å². The van der Waals surface area contributed by atoms with Gasteiger partial charge in [0.05, 0.1) is 6.42 Å². The van der Waals surface area contributed by atoms with Crippen LogP contribution < -0.4 is 16.2 Å². The summed E-state index contributed by atoms with van der Waals surface area (Å²) >= 11 is 4.98. The standard InChI is InChI=1S/C17H17N3O2S/c1-12-7-9-14(10-8-12)16(22)18-17(23)20-19-15(21)11-13-5-3-2-4-6-13/h2-10H,11H2,1H3,(H,19,21)(H2,18,20,22,23).